The lowest BCUT2D eigenvalue weighted by Crippen LogP contribution is -2.16. The first-order chi connectivity index (χ1) is 9.20. The molecule has 0 radical (unpaired) electrons. The smallest absolute Gasteiger partial charge is 0.224 e. The van der Waals surface area contributed by atoms with Gasteiger partial charge >= 0.3 is 0 Å². The SMILES string of the molecule is CC(CN)CCC(=O)Nc1cccc2cccnc12. The molecule has 0 aliphatic rings. The Kier molecular flexibility index (Phi) is 4.47. The highest BCUT2D eigenvalue weighted by Gasteiger charge is 2.08. The summed E-state index contributed by atoms with van der Waals surface area (Å²) in [6, 6.07) is 9.64. The summed E-state index contributed by atoms with van der Waals surface area (Å²) in [4.78, 5) is 16.2. The monoisotopic (exact) mass is 257 g/mol. The highest BCUT2D eigenvalue weighted by molar-refractivity contribution is 6.00. The number of carbonyl (C=O) groups excluding carboxylic acids is 1. The van der Waals surface area contributed by atoms with Gasteiger partial charge in [0.15, 0.2) is 0 Å². The van der Waals surface area contributed by atoms with E-state index >= 15 is 0 Å². The van der Waals surface area contributed by atoms with Crippen molar-refractivity contribution in [2.45, 2.75) is 19.8 Å². The van der Waals surface area contributed by atoms with E-state index in [1.54, 1.807) is 6.20 Å². The van der Waals surface area contributed by atoms with Gasteiger partial charge in [-0.1, -0.05) is 25.1 Å². The van der Waals surface area contributed by atoms with Crippen LogP contribution in [0.25, 0.3) is 10.9 Å². The molecule has 1 aromatic heterocycles. The average Bonchev–Trinajstić information content (AvgIpc) is 2.45. The third-order valence-corrected chi connectivity index (χ3v) is 3.17. The fraction of sp³-hybridized carbons (Fsp3) is 0.333. The third-order valence-electron chi connectivity index (χ3n) is 3.17. The Balaban J connectivity index is 2.07. The van der Waals surface area contributed by atoms with Crippen LogP contribution in [0.2, 0.25) is 0 Å². The standard InChI is InChI=1S/C15H19N3O/c1-11(10-16)7-8-14(19)18-13-6-2-4-12-5-3-9-17-15(12)13/h2-6,9,11H,7-8,10,16H2,1H3,(H,18,19). The molecule has 0 aliphatic heterocycles. The maximum Gasteiger partial charge on any atom is 0.224 e. The third kappa shape index (κ3) is 3.51. The molecule has 0 saturated heterocycles. The normalized spacial score (nSPS) is 12.3. The van der Waals surface area contributed by atoms with Gasteiger partial charge in [-0.15, -0.1) is 0 Å². The lowest BCUT2D eigenvalue weighted by molar-refractivity contribution is -0.116. The van der Waals surface area contributed by atoms with E-state index in [4.69, 9.17) is 5.73 Å². The van der Waals surface area contributed by atoms with Gasteiger partial charge in [0, 0.05) is 18.0 Å². The first-order valence-corrected chi connectivity index (χ1v) is 6.54. The molecular formula is C15H19N3O. The quantitative estimate of drug-likeness (QED) is 0.865. The van der Waals surface area contributed by atoms with E-state index < -0.39 is 0 Å². The molecular weight excluding hydrogens is 238 g/mol. The topological polar surface area (TPSA) is 68.0 Å². The van der Waals surface area contributed by atoms with Crippen LogP contribution in [0.1, 0.15) is 19.8 Å². The first kappa shape index (κ1) is 13.5. The fourth-order valence-corrected chi connectivity index (χ4v) is 1.91. The van der Waals surface area contributed by atoms with E-state index in [1.165, 1.54) is 0 Å². The zero-order valence-electron chi connectivity index (χ0n) is 11.1. The summed E-state index contributed by atoms with van der Waals surface area (Å²) in [5, 5.41) is 3.95. The van der Waals surface area contributed by atoms with Gasteiger partial charge in [-0.3, -0.25) is 9.78 Å². The van der Waals surface area contributed by atoms with E-state index in [0.717, 1.165) is 23.0 Å². The number of pyridine rings is 1. The van der Waals surface area contributed by atoms with Gasteiger partial charge in [-0.25, -0.2) is 0 Å². The first-order valence-electron chi connectivity index (χ1n) is 6.54. The van der Waals surface area contributed by atoms with Gasteiger partial charge in [0.05, 0.1) is 11.2 Å². The van der Waals surface area contributed by atoms with Crippen molar-refractivity contribution in [2.24, 2.45) is 11.7 Å². The lowest BCUT2D eigenvalue weighted by atomic mass is 10.1. The summed E-state index contributed by atoms with van der Waals surface area (Å²) in [6.45, 7) is 2.66. The number of para-hydroxylation sites is 1. The number of aromatic nitrogens is 1. The molecule has 0 bridgehead atoms. The van der Waals surface area contributed by atoms with Crippen molar-refractivity contribution in [2.75, 3.05) is 11.9 Å². The Morgan fingerprint density at radius 2 is 2.16 bits per heavy atom. The number of nitrogens with zero attached hydrogens (tertiary/aromatic N) is 1. The Morgan fingerprint density at radius 3 is 2.95 bits per heavy atom. The van der Waals surface area contributed by atoms with Crippen LogP contribution in [-0.4, -0.2) is 17.4 Å². The van der Waals surface area contributed by atoms with Gasteiger partial charge in [0.2, 0.25) is 5.91 Å². The van der Waals surface area contributed by atoms with Crippen LogP contribution in [0.4, 0.5) is 5.69 Å². The van der Waals surface area contributed by atoms with Crippen molar-refractivity contribution in [1.29, 1.82) is 0 Å². The summed E-state index contributed by atoms with van der Waals surface area (Å²) in [5.74, 6) is 0.384. The van der Waals surface area contributed by atoms with Crippen LogP contribution in [0.3, 0.4) is 0 Å². The van der Waals surface area contributed by atoms with E-state index in [0.29, 0.717) is 18.9 Å². The molecule has 2 rings (SSSR count). The Bertz CT molecular complexity index is 563. The Hall–Kier alpha value is -1.94. The summed E-state index contributed by atoms with van der Waals surface area (Å²) in [7, 11) is 0. The maximum absolute atomic E-state index is 11.9. The number of hydrogen-bond donors (Lipinski definition) is 2. The lowest BCUT2D eigenvalue weighted by Gasteiger charge is -2.10. The van der Waals surface area contributed by atoms with Crippen molar-refractivity contribution in [3.05, 3.63) is 36.5 Å². The predicted octanol–water partition coefficient (Wildman–Crippen LogP) is 2.55. The molecule has 1 unspecified atom stereocenters. The van der Waals surface area contributed by atoms with Crippen LogP contribution in [0.15, 0.2) is 36.5 Å². The molecule has 19 heavy (non-hydrogen) atoms. The van der Waals surface area contributed by atoms with Crippen LogP contribution < -0.4 is 11.1 Å². The Morgan fingerprint density at radius 1 is 1.37 bits per heavy atom. The molecule has 1 atom stereocenters. The zero-order valence-corrected chi connectivity index (χ0v) is 11.1. The van der Waals surface area contributed by atoms with E-state index in [2.05, 4.69) is 10.3 Å². The molecule has 3 N–H and O–H groups in total. The second kappa shape index (κ2) is 6.29. The van der Waals surface area contributed by atoms with Crippen molar-refractivity contribution < 1.29 is 4.79 Å². The Labute approximate surface area is 113 Å². The largest absolute Gasteiger partial charge is 0.330 e. The number of rotatable bonds is 5. The summed E-state index contributed by atoms with van der Waals surface area (Å²) >= 11 is 0. The van der Waals surface area contributed by atoms with Gasteiger partial charge in [-0.2, -0.15) is 0 Å². The molecule has 100 valence electrons. The summed E-state index contributed by atoms with van der Waals surface area (Å²) < 4.78 is 0. The van der Waals surface area contributed by atoms with Crippen molar-refractivity contribution in [1.82, 2.24) is 4.98 Å². The van der Waals surface area contributed by atoms with Crippen LogP contribution in [0, 0.1) is 5.92 Å². The van der Waals surface area contributed by atoms with Gasteiger partial charge in [0.1, 0.15) is 0 Å². The van der Waals surface area contributed by atoms with Crippen LogP contribution in [0.5, 0.6) is 0 Å². The molecule has 1 aromatic carbocycles. The molecule has 2 aromatic rings. The number of hydrogen-bond acceptors (Lipinski definition) is 3. The molecule has 0 fully saturated rings. The van der Waals surface area contributed by atoms with E-state index in [1.807, 2.05) is 37.3 Å². The van der Waals surface area contributed by atoms with Crippen molar-refractivity contribution >= 4 is 22.5 Å². The van der Waals surface area contributed by atoms with Crippen molar-refractivity contribution in [3.8, 4) is 0 Å². The fourth-order valence-electron chi connectivity index (χ4n) is 1.91. The second-order valence-corrected chi connectivity index (χ2v) is 4.81. The number of benzene rings is 1. The van der Waals surface area contributed by atoms with E-state index in [9.17, 15) is 4.79 Å². The van der Waals surface area contributed by atoms with Crippen LogP contribution >= 0.6 is 0 Å². The van der Waals surface area contributed by atoms with Gasteiger partial charge < -0.3 is 11.1 Å². The number of carbonyl (C=O) groups is 1. The van der Waals surface area contributed by atoms with Crippen molar-refractivity contribution in [3.63, 3.8) is 0 Å². The maximum atomic E-state index is 11.9. The highest BCUT2D eigenvalue weighted by Crippen LogP contribution is 2.21. The van der Waals surface area contributed by atoms with Gasteiger partial charge in [-0.05, 0) is 31.0 Å². The van der Waals surface area contributed by atoms with Crippen LogP contribution in [-0.2, 0) is 4.79 Å². The predicted molar refractivity (Wildman–Crippen MR) is 77.8 cm³/mol. The second-order valence-electron chi connectivity index (χ2n) is 4.81. The minimum atomic E-state index is 0.0125. The zero-order chi connectivity index (χ0) is 13.7. The average molecular weight is 257 g/mol. The number of anilines is 1. The number of amides is 1. The highest BCUT2D eigenvalue weighted by atomic mass is 16.1. The minimum absolute atomic E-state index is 0.0125. The molecule has 4 heteroatoms. The summed E-state index contributed by atoms with van der Waals surface area (Å²) in [6.07, 6.45) is 3.02. The van der Waals surface area contributed by atoms with E-state index in [-0.39, 0.29) is 5.91 Å². The summed E-state index contributed by atoms with van der Waals surface area (Å²) in [5.41, 5.74) is 7.13. The number of nitrogens with one attached hydrogen (secondary N) is 1. The molecule has 0 aliphatic carbocycles. The molecule has 0 saturated carbocycles. The number of nitrogens with two attached hydrogens (primary N) is 1. The number of fused-ring (bicyclic) bond motifs is 1. The molecule has 1 heterocycles. The minimum Gasteiger partial charge on any atom is -0.330 e. The molecule has 1 amide bonds. The van der Waals surface area contributed by atoms with Gasteiger partial charge in [0.25, 0.3) is 0 Å². The molecule has 0 spiro atoms. The molecule has 4 nitrogen and oxygen atoms in total.